The van der Waals surface area contributed by atoms with Gasteiger partial charge in [0.15, 0.2) is 0 Å². The predicted molar refractivity (Wildman–Crippen MR) is 88.3 cm³/mol. The Morgan fingerprint density at radius 3 is 1.75 bits per heavy atom. The highest BCUT2D eigenvalue weighted by molar-refractivity contribution is 8.60. The van der Waals surface area contributed by atoms with Crippen LogP contribution in [-0.4, -0.2) is 32.3 Å². The van der Waals surface area contributed by atoms with Gasteiger partial charge in [-0.2, -0.15) is 0 Å². The third-order valence-corrected chi connectivity index (χ3v) is 23.3. The van der Waals surface area contributed by atoms with Crippen LogP contribution in [0.25, 0.3) is 0 Å². The van der Waals surface area contributed by atoms with Crippen LogP contribution in [0, 0.1) is 0 Å². The van der Waals surface area contributed by atoms with E-state index < -0.39 is 16.1 Å². The molecule has 0 aromatic carbocycles. The van der Waals surface area contributed by atoms with Crippen molar-refractivity contribution in [2.24, 2.45) is 4.99 Å². The van der Waals surface area contributed by atoms with Crippen molar-refractivity contribution < 1.29 is 0 Å². The molecule has 1 heterocycles. The van der Waals surface area contributed by atoms with Gasteiger partial charge in [-0.05, 0) is 34.6 Å². The molecule has 0 saturated carbocycles. The summed E-state index contributed by atoms with van der Waals surface area (Å²) >= 11 is 0. The number of hydrogen-bond donors (Lipinski definition) is 0. The lowest BCUT2D eigenvalue weighted by atomic mass is 10.4. The van der Waals surface area contributed by atoms with Gasteiger partial charge < -0.3 is 0 Å². The van der Waals surface area contributed by atoms with E-state index in [1.54, 1.807) is 5.19 Å². The van der Waals surface area contributed by atoms with Crippen LogP contribution in [0.2, 0.25) is 39.3 Å². The summed E-state index contributed by atoms with van der Waals surface area (Å²) in [5.41, 5.74) is 0. The van der Waals surface area contributed by atoms with Crippen LogP contribution in [0.15, 0.2) is 4.99 Å². The Labute approximate surface area is 106 Å². The summed E-state index contributed by atoms with van der Waals surface area (Å²) in [7, 11) is -0.662. The number of aliphatic imine (C=N–C) groups is 1. The first-order valence-corrected chi connectivity index (χ1v) is 16.6. The van der Waals surface area contributed by atoms with Crippen molar-refractivity contribution in [3.63, 3.8) is 0 Å². The van der Waals surface area contributed by atoms with E-state index >= 15 is 0 Å². The number of rotatable bonds is 4. The Bertz CT molecular complexity index is 275. The minimum absolute atomic E-state index is 0.215. The average molecular weight is 291 g/mol. The molecule has 5 heteroatoms. The number of hydrogen-bond acceptors (Lipinski definition) is 1. The van der Waals surface area contributed by atoms with E-state index in [4.69, 9.17) is 4.99 Å². The monoisotopic (exact) mass is 291 g/mol. The van der Waals surface area contributed by atoms with Gasteiger partial charge in [0.2, 0.25) is 0 Å². The van der Waals surface area contributed by atoms with Gasteiger partial charge in [0.1, 0.15) is 0 Å². The molecule has 0 spiro atoms. The van der Waals surface area contributed by atoms with Gasteiger partial charge in [0.25, 0.3) is 0 Å². The second-order valence-electron chi connectivity index (χ2n) is 7.16. The van der Waals surface area contributed by atoms with Crippen molar-refractivity contribution in [2.45, 2.75) is 64.1 Å². The molecule has 1 rings (SSSR count). The zero-order valence-corrected chi connectivity index (χ0v) is 15.9. The minimum Gasteiger partial charge on any atom is -0.281 e. The fourth-order valence-corrected chi connectivity index (χ4v) is 32.3. The quantitative estimate of drug-likeness (QED) is 0.512. The zero-order chi connectivity index (χ0) is 12.7. The van der Waals surface area contributed by atoms with E-state index in [1.165, 1.54) is 0 Å². The molecule has 1 saturated heterocycles. The molecule has 1 nitrogen and oxygen atoms in total. The van der Waals surface area contributed by atoms with E-state index in [0.29, 0.717) is 6.04 Å². The van der Waals surface area contributed by atoms with Crippen molar-refractivity contribution in [1.29, 1.82) is 0 Å². The maximum absolute atomic E-state index is 4.82. The van der Waals surface area contributed by atoms with Crippen molar-refractivity contribution in [3.8, 4) is 0 Å². The lowest BCUT2D eigenvalue weighted by molar-refractivity contribution is 0.842. The fraction of sp³-hybridized carbons (Fsp3) is 0.909. The lowest BCUT2D eigenvalue weighted by Gasteiger charge is -2.37. The summed E-state index contributed by atoms with van der Waals surface area (Å²) < 4.78 is 0. The summed E-state index contributed by atoms with van der Waals surface area (Å²) in [6, 6.07) is 0.513. The Morgan fingerprint density at radius 2 is 1.44 bits per heavy atom. The smallest absolute Gasteiger partial charge is 0.0638 e. The third kappa shape index (κ3) is 4.01. The first-order chi connectivity index (χ1) is 7.03. The summed E-state index contributed by atoms with van der Waals surface area (Å²) in [4.78, 5) is 5.91. The molecule has 2 atom stereocenters. The normalized spacial score (nSPS) is 26.1. The Morgan fingerprint density at radius 1 is 1.00 bits per heavy atom. The van der Waals surface area contributed by atoms with E-state index in [1.807, 2.05) is 0 Å². The molecule has 0 radical (unpaired) electrons. The fourth-order valence-electron chi connectivity index (χ4n) is 2.68. The van der Waals surface area contributed by atoms with Gasteiger partial charge in [-0.1, -0.05) is 39.3 Å². The maximum atomic E-state index is 4.82. The average Bonchev–Trinajstić information content (AvgIpc) is 2.58. The molecule has 0 amide bonds. The van der Waals surface area contributed by atoms with Gasteiger partial charge in [-0.3, -0.25) is 4.99 Å². The molecule has 0 aromatic heterocycles. The molecule has 0 aromatic rings. The lowest BCUT2D eigenvalue weighted by Crippen LogP contribution is -2.51. The van der Waals surface area contributed by atoms with Crippen LogP contribution < -0.4 is 0 Å². The van der Waals surface area contributed by atoms with Gasteiger partial charge in [-0.15, -0.1) is 0 Å². The van der Waals surface area contributed by atoms with Crippen molar-refractivity contribution in [2.75, 3.05) is 0 Å². The highest BCUT2D eigenvalue weighted by atomic mass is 32.1. The van der Waals surface area contributed by atoms with Crippen LogP contribution >= 0.6 is 15.9 Å². The Kier molecular flexibility index (Phi) is 4.62. The predicted octanol–water partition coefficient (Wildman–Crippen LogP) is 4.96. The van der Waals surface area contributed by atoms with E-state index in [-0.39, 0.29) is 7.61 Å². The van der Waals surface area contributed by atoms with Gasteiger partial charge in [0.05, 0.1) is 5.19 Å². The van der Waals surface area contributed by atoms with Gasteiger partial charge in [0, 0.05) is 22.2 Å². The second-order valence-corrected chi connectivity index (χ2v) is 24.2. The molecule has 1 aliphatic rings. The molecule has 1 fully saturated rings. The third-order valence-electron chi connectivity index (χ3n) is 2.68. The molecule has 1 aliphatic heterocycles. The van der Waals surface area contributed by atoms with Gasteiger partial charge >= 0.3 is 0 Å². The Balaban J connectivity index is 2.84. The highest BCUT2D eigenvalue weighted by Gasteiger charge is 2.50. The van der Waals surface area contributed by atoms with Crippen LogP contribution in [0.3, 0.4) is 0 Å². The molecule has 0 N–H and O–H groups in total. The summed E-state index contributed by atoms with van der Waals surface area (Å²) in [6.45, 7) is 19.8. The SMILES string of the molecule is CC(C)N=C1PP1C([Si](C)(C)C)[Si](C)(C)C. The van der Waals surface area contributed by atoms with Crippen molar-refractivity contribution in [1.82, 2.24) is 0 Å². The maximum Gasteiger partial charge on any atom is 0.0638 e. The first-order valence-electron chi connectivity index (χ1n) is 6.17. The summed E-state index contributed by atoms with van der Waals surface area (Å²) in [5, 5.41) is 1.62. The molecule has 0 aliphatic carbocycles. The molecule has 16 heavy (non-hydrogen) atoms. The summed E-state index contributed by atoms with van der Waals surface area (Å²) in [5.74, 6) is 0. The van der Waals surface area contributed by atoms with Crippen LogP contribution in [-0.2, 0) is 0 Å². The zero-order valence-electron chi connectivity index (χ0n) is 12.0. The van der Waals surface area contributed by atoms with Crippen LogP contribution in [0.1, 0.15) is 13.8 Å². The highest BCUT2D eigenvalue weighted by Crippen LogP contribution is 2.83. The molecular formula is C11H27NP2Si2. The number of nitrogens with zero attached hydrogens (tertiary/aromatic N) is 1. The molecular weight excluding hydrogens is 264 g/mol. The Hall–Kier alpha value is 0.964. The van der Waals surface area contributed by atoms with E-state index in [0.717, 1.165) is 13.2 Å². The standard InChI is InChI=1S/C11H27NP2Si2/c1-9(2)12-10-13-14(10)11(15(3,4)5)16(6,7)8/h9,11,13H,1-8H3. The molecule has 0 bridgehead atoms. The molecule has 94 valence electrons. The van der Waals surface area contributed by atoms with Crippen LogP contribution in [0.5, 0.6) is 0 Å². The topological polar surface area (TPSA) is 12.4 Å². The van der Waals surface area contributed by atoms with Gasteiger partial charge in [-0.25, -0.2) is 0 Å². The summed E-state index contributed by atoms with van der Waals surface area (Å²) in [6.07, 6.45) is 0. The molecule has 2 unspecified atom stereocenters. The largest absolute Gasteiger partial charge is 0.281 e. The van der Waals surface area contributed by atoms with Crippen molar-refractivity contribution >= 4 is 37.2 Å². The minimum atomic E-state index is -0.999. The van der Waals surface area contributed by atoms with E-state index in [9.17, 15) is 0 Å². The van der Waals surface area contributed by atoms with E-state index in [2.05, 4.69) is 53.1 Å². The van der Waals surface area contributed by atoms with Crippen molar-refractivity contribution in [3.05, 3.63) is 0 Å². The van der Waals surface area contributed by atoms with Crippen LogP contribution in [0.4, 0.5) is 0 Å². The first kappa shape index (κ1) is 15.0. The second kappa shape index (κ2) is 4.92.